The van der Waals surface area contributed by atoms with E-state index in [2.05, 4.69) is 14.7 Å². The molecule has 0 aliphatic heterocycles. The fraction of sp³-hybridized carbons (Fsp3) is 0.346. The van der Waals surface area contributed by atoms with E-state index in [0.29, 0.717) is 18.4 Å². The van der Waals surface area contributed by atoms with E-state index < -0.39 is 56.6 Å². The van der Waals surface area contributed by atoms with E-state index in [9.17, 15) is 26.4 Å². The van der Waals surface area contributed by atoms with Crippen LogP contribution in [0.4, 0.5) is 13.2 Å². The summed E-state index contributed by atoms with van der Waals surface area (Å²) in [6, 6.07) is 6.23. The van der Waals surface area contributed by atoms with Crippen molar-refractivity contribution in [1.82, 2.24) is 14.7 Å². The number of nitrogens with zero attached hydrogens (tertiary/aromatic N) is 2. The lowest BCUT2D eigenvalue weighted by molar-refractivity contribution is 0.0987. The zero-order chi connectivity index (χ0) is 26.9. The smallest absolute Gasteiger partial charge is 0.209 e. The number of nitrogens with one attached hydrogen (secondary N) is 1. The summed E-state index contributed by atoms with van der Waals surface area (Å²) in [7, 11) is -3.42. The first-order valence-corrected chi connectivity index (χ1v) is 13.6. The molecule has 11 heteroatoms. The molecule has 1 aliphatic carbocycles. The Morgan fingerprint density at radius 1 is 1.08 bits per heavy atom. The number of Topliss-reactive ketones (excluding diaryl/α,β-unsaturated/α-hetero) is 1. The average molecular weight is 533 g/mol. The van der Waals surface area contributed by atoms with E-state index >= 15 is 0 Å². The molecule has 196 valence electrons. The van der Waals surface area contributed by atoms with Gasteiger partial charge in [-0.15, -0.1) is 0 Å². The number of hydrogen-bond acceptors (Lipinski definition) is 6. The number of carbonyl (C=O) groups excluding carboxylic acids is 1. The first kappa shape index (κ1) is 26.9. The van der Waals surface area contributed by atoms with E-state index in [0.717, 1.165) is 36.1 Å². The Morgan fingerprint density at radius 3 is 2.43 bits per heavy atom. The number of aromatic nitrogens is 2. The van der Waals surface area contributed by atoms with Crippen molar-refractivity contribution < 1.29 is 26.4 Å². The van der Waals surface area contributed by atoms with Gasteiger partial charge in [0.25, 0.3) is 0 Å². The van der Waals surface area contributed by atoms with Crippen molar-refractivity contribution >= 4 is 15.8 Å². The van der Waals surface area contributed by atoms with Crippen molar-refractivity contribution in [2.24, 2.45) is 11.7 Å². The second kappa shape index (κ2) is 10.7. The Bertz CT molecular complexity index is 1400. The van der Waals surface area contributed by atoms with Gasteiger partial charge >= 0.3 is 0 Å². The molecule has 1 saturated carbocycles. The number of pyridine rings is 2. The number of benzene rings is 1. The van der Waals surface area contributed by atoms with E-state index in [4.69, 9.17) is 5.73 Å². The lowest BCUT2D eigenvalue weighted by Gasteiger charge is -2.39. The van der Waals surface area contributed by atoms with Gasteiger partial charge in [-0.1, -0.05) is 13.0 Å². The van der Waals surface area contributed by atoms with Gasteiger partial charge in [0.1, 0.15) is 28.8 Å². The normalized spacial score (nSPS) is 22.1. The Balaban J connectivity index is 1.59. The van der Waals surface area contributed by atoms with Crippen LogP contribution in [0.25, 0.3) is 11.3 Å². The highest BCUT2D eigenvalue weighted by atomic mass is 32.2. The van der Waals surface area contributed by atoms with Gasteiger partial charge in [0, 0.05) is 30.9 Å². The van der Waals surface area contributed by atoms with Gasteiger partial charge in [0.2, 0.25) is 10.0 Å². The van der Waals surface area contributed by atoms with Crippen molar-refractivity contribution in [2.45, 2.75) is 44.2 Å². The molecule has 7 nitrogen and oxygen atoms in total. The number of halogens is 3. The van der Waals surface area contributed by atoms with Gasteiger partial charge < -0.3 is 5.73 Å². The van der Waals surface area contributed by atoms with Crippen molar-refractivity contribution in [3.8, 4) is 11.3 Å². The third-order valence-electron chi connectivity index (χ3n) is 6.70. The fourth-order valence-electron chi connectivity index (χ4n) is 5.04. The Hall–Kier alpha value is -3.15. The first-order valence-electron chi connectivity index (χ1n) is 11.7. The second-order valence-corrected chi connectivity index (χ2v) is 11.3. The van der Waals surface area contributed by atoms with Crippen LogP contribution in [-0.4, -0.2) is 42.5 Å². The molecule has 3 aromatic rings. The molecular formula is C26H27F3N4O3S. The minimum atomic E-state index is -3.42. The highest BCUT2D eigenvalue weighted by Gasteiger charge is 2.36. The molecule has 1 aromatic carbocycles. The monoisotopic (exact) mass is 532 g/mol. The van der Waals surface area contributed by atoms with Crippen LogP contribution < -0.4 is 10.5 Å². The Labute approximate surface area is 213 Å². The van der Waals surface area contributed by atoms with Gasteiger partial charge in [-0.25, -0.2) is 31.3 Å². The summed E-state index contributed by atoms with van der Waals surface area (Å²) < 4.78 is 69.0. The van der Waals surface area contributed by atoms with Crippen molar-refractivity contribution in [3.63, 3.8) is 0 Å². The van der Waals surface area contributed by atoms with Crippen molar-refractivity contribution in [3.05, 3.63) is 83.1 Å². The van der Waals surface area contributed by atoms with Crippen LogP contribution >= 0.6 is 0 Å². The highest BCUT2D eigenvalue weighted by molar-refractivity contribution is 7.88. The quantitative estimate of drug-likeness (QED) is 0.448. The third kappa shape index (κ3) is 6.06. The maximum atomic E-state index is 14.4. The van der Waals surface area contributed by atoms with Gasteiger partial charge in [-0.2, -0.15) is 0 Å². The van der Waals surface area contributed by atoms with Crippen LogP contribution in [0.15, 0.2) is 48.8 Å². The van der Waals surface area contributed by atoms with Gasteiger partial charge in [0.05, 0.1) is 11.8 Å². The second-order valence-electron chi connectivity index (χ2n) is 9.52. The zero-order valence-electron chi connectivity index (χ0n) is 20.3. The van der Waals surface area contributed by atoms with Crippen LogP contribution in [0.1, 0.15) is 47.3 Å². The zero-order valence-corrected chi connectivity index (χ0v) is 21.1. The van der Waals surface area contributed by atoms with Gasteiger partial charge in [0.15, 0.2) is 5.78 Å². The van der Waals surface area contributed by atoms with E-state index in [1.165, 1.54) is 6.07 Å². The van der Waals surface area contributed by atoms with Crippen molar-refractivity contribution in [1.29, 1.82) is 0 Å². The molecule has 0 unspecified atom stereocenters. The summed E-state index contributed by atoms with van der Waals surface area (Å²) in [5, 5.41) is 0. The summed E-state index contributed by atoms with van der Waals surface area (Å²) >= 11 is 0. The average Bonchev–Trinajstić information content (AvgIpc) is 2.82. The standard InChI is InChI=1S/C26H27F3N4O3S/c1-14-10-15(11-21(30)25(14)33-37(2,35)36)17-8-9-31-13-16(17)12-23(34)22-7-6-20(29)26(32-22)24-18(27)4-3-5-19(24)28/h3-9,13-15,21,25,33H,10-12,30H2,1-2H3/t14-,15+,21+,25+/m1/s1. The number of rotatable bonds is 7. The predicted molar refractivity (Wildman–Crippen MR) is 133 cm³/mol. The van der Waals surface area contributed by atoms with Crippen molar-refractivity contribution in [2.75, 3.05) is 6.26 Å². The molecule has 1 fully saturated rings. The molecule has 2 heterocycles. The number of hydrogen-bond donors (Lipinski definition) is 2. The van der Waals surface area contributed by atoms with Crippen LogP contribution in [0.5, 0.6) is 0 Å². The lowest BCUT2D eigenvalue weighted by Crippen LogP contribution is -2.54. The minimum Gasteiger partial charge on any atom is -0.326 e. The third-order valence-corrected chi connectivity index (χ3v) is 7.40. The maximum absolute atomic E-state index is 14.4. The largest absolute Gasteiger partial charge is 0.326 e. The molecular weight excluding hydrogens is 505 g/mol. The summed E-state index contributed by atoms with van der Waals surface area (Å²) in [5.74, 6) is -3.51. The molecule has 0 saturated heterocycles. The fourth-order valence-corrected chi connectivity index (χ4v) is 5.94. The van der Waals surface area contributed by atoms with Crippen LogP contribution in [0.2, 0.25) is 0 Å². The Kier molecular flexibility index (Phi) is 7.77. The lowest BCUT2D eigenvalue weighted by atomic mass is 9.73. The van der Waals surface area contributed by atoms with Crippen LogP contribution in [0.3, 0.4) is 0 Å². The molecule has 4 atom stereocenters. The molecule has 1 aliphatic rings. The summed E-state index contributed by atoms with van der Waals surface area (Å²) in [5.41, 5.74) is 6.46. The van der Waals surface area contributed by atoms with E-state index in [-0.39, 0.29) is 24.0 Å². The molecule has 4 rings (SSSR count). The number of carbonyl (C=O) groups is 1. The molecule has 0 radical (unpaired) electrons. The van der Waals surface area contributed by atoms with Crippen LogP contribution in [-0.2, 0) is 16.4 Å². The van der Waals surface area contributed by atoms with E-state index in [1.54, 1.807) is 18.5 Å². The topological polar surface area (TPSA) is 115 Å². The highest BCUT2D eigenvalue weighted by Crippen LogP contribution is 2.37. The van der Waals surface area contributed by atoms with Crippen LogP contribution in [0, 0.1) is 23.4 Å². The SMILES string of the molecule is C[C@@H]1C[C@H](c2ccncc2CC(=O)c2ccc(F)c(-c3c(F)cccc3F)n2)C[C@H](N)[C@H]1NS(C)(=O)=O. The maximum Gasteiger partial charge on any atom is 0.209 e. The molecule has 37 heavy (non-hydrogen) atoms. The van der Waals surface area contributed by atoms with E-state index in [1.807, 2.05) is 6.92 Å². The molecule has 0 spiro atoms. The molecule has 0 amide bonds. The number of nitrogens with two attached hydrogens (primary N) is 1. The summed E-state index contributed by atoms with van der Waals surface area (Å²) in [6.45, 7) is 1.92. The van der Waals surface area contributed by atoms with Gasteiger partial charge in [-0.3, -0.25) is 9.78 Å². The summed E-state index contributed by atoms with van der Waals surface area (Å²) in [6.07, 6.45) is 5.28. The first-order chi connectivity index (χ1) is 17.4. The summed E-state index contributed by atoms with van der Waals surface area (Å²) in [4.78, 5) is 21.2. The molecule has 0 bridgehead atoms. The Morgan fingerprint density at radius 2 is 1.78 bits per heavy atom. The molecule has 2 aromatic heterocycles. The van der Waals surface area contributed by atoms with Gasteiger partial charge in [-0.05, 0) is 66.1 Å². The number of sulfonamides is 1. The minimum absolute atomic E-state index is 0.0438. The molecule has 3 N–H and O–H groups in total. The number of ketones is 1. The predicted octanol–water partition coefficient (Wildman–Crippen LogP) is 3.74.